The third kappa shape index (κ3) is 4.64. The molecule has 0 spiro atoms. The molecule has 0 bridgehead atoms. The normalized spacial score (nSPS) is 17.5. The lowest BCUT2D eigenvalue weighted by Gasteiger charge is -2.14. The fraction of sp³-hybridized carbons (Fsp3) is 0.0476. The van der Waals surface area contributed by atoms with Crippen LogP contribution in [0.4, 0.5) is 10.8 Å². The summed E-state index contributed by atoms with van der Waals surface area (Å²) in [7, 11) is 0. The summed E-state index contributed by atoms with van der Waals surface area (Å²) in [4.78, 5) is 19.8. The van der Waals surface area contributed by atoms with Crippen LogP contribution in [0.2, 0.25) is 0 Å². The van der Waals surface area contributed by atoms with Gasteiger partial charge in [-0.05, 0) is 48.5 Å². The molecule has 3 aromatic rings. The van der Waals surface area contributed by atoms with E-state index in [1.165, 1.54) is 23.1 Å². The lowest BCUT2D eigenvalue weighted by atomic mass is 10.2. The van der Waals surface area contributed by atoms with Crippen molar-refractivity contribution < 1.29 is 4.79 Å². The zero-order valence-electron chi connectivity index (χ0n) is 15.3. The molecule has 29 heavy (non-hydrogen) atoms. The number of halogens is 1. The lowest BCUT2D eigenvalue weighted by molar-refractivity contribution is -0.113. The zero-order valence-corrected chi connectivity index (χ0v) is 17.7. The van der Waals surface area contributed by atoms with Crippen molar-refractivity contribution in [2.24, 2.45) is 4.99 Å². The summed E-state index contributed by atoms with van der Waals surface area (Å²) >= 11 is 9.04. The Labute approximate surface area is 181 Å². The Morgan fingerprint density at radius 1 is 1.07 bits per heavy atom. The Kier molecular flexibility index (Phi) is 5.89. The molecule has 8 heteroatoms. The Hall–Kier alpha value is -2.74. The summed E-state index contributed by atoms with van der Waals surface area (Å²) < 4.78 is 0. The van der Waals surface area contributed by atoms with E-state index < -0.39 is 0 Å². The first-order chi connectivity index (χ1) is 14.1. The van der Waals surface area contributed by atoms with E-state index in [0.717, 1.165) is 16.3 Å². The predicted molar refractivity (Wildman–Crippen MR) is 122 cm³/mol. The van der Waals surface area contributed by atoms with Crippen molar-refractivity contribution in [3.63, 3.8) is 0 Å². The van der Waals surface area contributed by atoms with Crippen molar-refractivity contribution in [3.8, 4) is 0 Å². The van der Waals surface area contributed by atoms with Crippen LogP contribution in [0.3, 0.4) is 0 Å². The summed E-state index contributed by atoms with van der Waals surface area (Å²) in [6, 6.07) is 19.1. The van der Waals surface area contributed by atoms with Crippen LogP contribution >= 0.6 is 34.7 Å². The summed E-state index contributed by atoms with van der Waals surface area (Å²) in [6.45, 7) is 1.86. The Bertz CT molecular complexity index is 1120. The predicted octanol–water partition coefficient (Wildman–Crippen LogP) is 5.78. The van der Waals surface area contributed by atoms with E-state index in [2.05, 4.69) is 15.2 Å². The minimum Gasteiger partial charge on any atom is -0.268 e. The number of carbonyl (C=O) groups excluding carboxylic acids is 1. The minimum absolute atomic E-state index is 0.180. The van der Waals surface area contributed by atoms with Gasteiger partial charge >= 0.3 is 0 Å². The molecule has 0 N–H and O–H groups in total. The topological polar surface area (TPSA) is 58.5 Å². The van der Waals surface area contributed by atoms with Crippen LogP contribution in [0.25, 0.3) is 6.08 Å². The number of nitrogens with zero attached hydrogens (tertiary/aromatic N) is 4. The monoisotopic (exact) mass is 438 g/mol. The molecule has 2 heterocycles. The van der Waals surface area contributed by atoms with Gasteiger partial charge in [0.1, 0.15) is 5.01 Å². The van der Waals surface area contributed by atoms with E-state index in [1.807, 2.05) is 73.7 Å². The molecule has 4 rings (SSSR count). The highest BCUT2D eigenvalue weighted by Crippen LogP contribution is 2.37. The van der Waals surface area contributed by atoms with Crippen LogP contribution in [-0.4, -0.2) is 21.3 Å². The van der Waals surface area contributed by atoms with Gasteiger partial charge < -0.3 is 0 Å². The van der Waals surface area contributed by atoms with Gasteiger partial charge in [-0.25, -0.2) is 0 Å². The first kappa shape index (κ1) is 19.6. The summed E-state index contributed by atoms with van der Waals surface area (Å²) in [6.07, 6.45) is 3.49. The number of para-hydroxylation sites is 1. The molecule has 0 saturated carbocycles. The third-order valence-electron chi connectivity index (χ3n) is 3.90. The number of rotatable bonds is 4. The Balaban J connectivity index is 1.71. The number of allylic oxidation sites excluding steroid dienone is 2. The summed E-state index contributed by atoms with van der Waals surface area (Å²) in [5.41, 5.74) is 1.69. The van der Waals surface area contributed by atoms with E-state index in [4.69, 9.17) is 11.6 Å². The fourth-order valence-electron chi connectivity index (χ4n) is 2.64. The van der Waals surface area contributed by atoms with Gasteiger partial charge in [-0.3, -0.25) is 9.69 Å². The average molecular weight is 439 g/mol. The molecule has 1 fully saturated rings. The van der Waals surface area contributed by atoms with Crippen LogP contribution in [0.1, 0.15) is 10.6 Å². The van der Waals surface area contributed by atoms with E-state index in [-0.39, 0.29) is 5.91 Å². The van der Waals surface area contributed by atoms with Gasteiger partial charge in [0.2, 0.25) is 5.13 Å². The fourth-order valence-corrected chi connectivity index (χ4v) is 4.53. The van der Waals surface area contributed by atoms with Crippen molar-refractivity contribution in [2.75, 3.05) is 4.90 Å². The van der Waals surface area contributed by atoms with Crippen molar-refractivity contribution in [2.45, 2.75) is 6.92 Å². The minimum atomic E-state index is -0.180. The molecule has 1 saturated heterocycles. The van der Waals surface area contributed by atoms with Crippen molar-refractivity contribution in [1.82, 2.24) is 10.2 Å². The number of thioether (sulfide) groups is 1. The van der Waals surface area contributed by atoms with E-state index in [0.29, 0.717) is 20.2 Å². The molecular weight excluding hydrogens is 424 g/mol. The largest absolute Gasteiger partial charge is 0.271 e. The van der Waals surface area contributed by atoms with Crippen molar-refractivity contribution >= 4 is 62.7 Å². The molecular formula is C21H15ClN4OS2. The van der Waals surface area contributed by atoms with Crippen molar-refractivity contribution in [1.29, 1.82) is 0 Å². The van der Waals surface area contributed by atoms with Gasteiger partial charge in [-0.2, -0.15) is 4.99 Å². The molecule has 1 amide bonds. The molecule has 2 aromatic carbocycles. The number of amidine groups is 1. The molecule has 5 nitrogen and oxygen atoms in total. The van der Waals surface area contributed by atoms with Crippen molar-refractivity contribution in [3.05, 3.63) is 87.2 Å². The maximum atomic E-state index is 13.1. The van der Waals surface area contributed by atoms with Gasteiger partial charge in [-0.15, -0.1) is 10.2 Å². The van der Waals surface area contributed by atoms with Gasteiger partial charge in [0.15, 0.2) is 5.17 Å². The van der Waals surface area contributed by atoms with Crippen LogP contribution < -0.4 is 4.90 Å². The number of amides is 1. The second-order valence-electron chi connectivity index (χ2n) is 6.02. The zero-order chi connectivity index (χ0) is 20.2. The molecule has 144 valence electrons. The number of benzene rings is 2. The number of hydrogen-bond acceptors (Lipinski definition) is 6. The van der Waals surface area contributed by atoms with Gasteiger partial charge in [0.25, 0.3) is 5.91 Å². The quantitative estimate of drug-likeness (QED) is 0.484. The molecule has 1 aromatic heterocycles. The molecule has 0 unspecified atom stereocenters. The number of aliphatic imine (C=N–C) groups is 1. The standard InChI is InChI=1S/C21H15ClN4OS2/c1-14-24-25-20(28-14)23-21-26(17-10-6-3-7-11-17)19(27)18(29-21)13-16(22)12-15-8-4-2-5-9-15/h2-13H,1H3/b16-12-,18-13-,23-21+. The molecule has 0 atom stereocenters. The lowest BCUT2D eigenvalue weighted by Crippen LogP contribution is -2.28. The van der Waals surface area contributed by atoms with E-state index >= 15 is 0 Å². The van der Waals surface area contributed by atoms with Crippen LogP contribution in [-0.2, 0) is 4.79 Å². The molecule has 0 aliphatic carbocycles. The number of hydrogen-bond donors (Lipinski definition) is 0. The molecule has 1 aliphatic rings. The smallest absolute Gasteiger partial charge is 0.268 e. The van der Waals surface area contributed by atoms with Gasteiger partial charge in [0, 0.05) is 5.03 Å². The number of anilines is 1. The maximum absolute atomic E-state index is 13.1. The van der Waals surface area contributed by atoms with E-state index in [9.17, 15) is 4.79 Å². The maximum Gasteiger partial charge on any atom is 0.271 e. The van der Waals surface area contributed by atoms with Crippen LogP contribution in [0.5, 0.6) is 0 Å². The first-order valence-corrected chi connectivity index (χ1v) is 10.7. The summed E-state index contributed by atoms with van der Waals surface area (Å²) in [5.74, 6) is -0.180. The highest BCUT2D eigenvalue weighted by Gasteiger charge is 2.35. The van der Waals surface area contributed by atoms with Gasteiger partial charge in [-0.1, -0.05) is 71.5 Å². The Morgan fingerprint density at radius 3 is 2.41 bits per heavy atom. The molecule has 0 radical (unpaired) electrons. The first-order valence-electron chi connectivity index (χ1n) is 8.70. The summed E-state index contributed by atoms with van der Waals surface area (Å²) in [5, 5.41) is 10.3. The molecule has 1 aliphatic heterocycles. The van der Waals surface area contributed by atoms with Crippen LogP contribution in [0.15, 0.2) is 81.7 Å². The number of aryl methyl sites for hydroxylation is 1. The second kappa shape index (κ2) is 8.73. The number of aromatic nitrogens is 2. The Morgan fingerprint density at radius 2 is 1.76 bits per heavy atom. The number of carbonyl (C=O) groups is 1. The second-order valence-corrected chi connectivity index (χ2v) is 8.63. The van der Waals surface area contributed by atoms with Gasteiger partial charge in [0.05, 0.1) is 10.6 Å². The average Bonchev–Trinajstić information content (AvgIpc) is 3.26. The highest BCUT2D eigenvalue weighted by molar-refractivity contribution is 8.19. The third-order valence-corrected chi connectivity index (χ3v) is 5.82. The van der Waals surface area contributed by atoms with Crippen LogP contribution in [0, 0.1) is 6.92 Å². The van der Waals surface area contributed by atoms with E-state index in [1.54, 1.807) is 11.0 Å². The SMILES string of the molecule is Cc1nnc(/N=C2/S/C(=C\C(Cl)=C\c3ccccc3)C(=O)N2c2ccccc2)s1. The highest BCUT2D eigenvalue weighted by atomic mass is 35.5.